The SMILES string of the molecule is CCNC(C)c1nnnn1CC1CCC1. The van der Waals surface area contributed by atoms with Crippen molar-refractivity contribution in [3.05, 3.63) is 5.82 Å². The molecule has 1 fully saturated rings. The summed E-state index contributed by atoms with van der Waals surface area (Å²) in [5, 5.41) is 15.2. The summed E-state index contributed by atoms with van der Waals surface area (Å²) in [5.41, 5.74) is 0. The summed E-state index contributed by atoms with van der Waals surface area (Å²) in [6, 6.07) is 0.241. The minimum atomic E-state index is 0.241. The van der Waals surface area contributed by atoms with Gasteiger partial charge in [0.15, 0.2) is 5.82 Å². The molecule has 0 saturated heterocycles. The van der Waals surface area contributed by atoms with Crippen molar-refractivity contribution in [2.45, 2.75) is 45.7 Å². The molecule has 0 spiro atoms. The Morgan fingerprint density at radius 1 is 1.53 bits per heavy atom. The van der Waals surface area contributed by atoms with Gasteiger partial charge in [-0.3, -0.25) is 0 Å². The Bertz CT molecular complexity index is 305. The molecule has 1 atom stereocenters. The van der Waals surface area contributed by atoms with E-state index in [0.29, 0.717) is 0 Å². The molecule has 1 N–H and O–H groups in total. The van der Waals surface area contributed by atoms with Gasteiger partial charge < -0.3 is 5.32 Å². The van der Waals surface area contributed by atoms with Crippen LogP contribution in [0.4, 0.5) is 0 Å². The zero-order chi connectivity index (χ0) is 10.7. The van der Waals surface area contributed by atoms with Crippen LogP contribution < -0.4 is 5.32 Å². The van der Waals surface area contributed by atoms with Gasteiger partial charge in [-0.2, -0.15) is 0 Å². The van der Waals surface area contributed by atoms with Gasteiger partial charge in [-0.25, -0.2) is 4.68 Å². The van der Waals surface area contributed by atoms with Crippen LogP contribution in [0.5, 0.6) is 0 Å². The number of nitrogens with one attached hydrogen (secondary N) is 1. The highest BCUT2D eigenvalue weighted by molar-refractivity contribution is 4.90. The molecule has 15 heavy (non-hydrogen) atoms. The van der Waals surface area contributed by atoms with E-state index in [1.54, 1.807) is 0 Å². The lowest BCUT2D eigenvalue weighted by Crippen LogP contribution is -2.25. The van der Waals surface area contributed by atoms with Crippen molar-refractivity contribution in [1.82, 2.24) is 25.5 Å². The Morgan fingerprint density at radius 3 is 2.93 bits per heavy atom. The van der Waals surface area contributed by atoms with Crippen LogP contribution in [0.15, 0.2) is 0 Å². The van der Waals surface area contributed by atoms with Crippen LogP contribution >= 0.6 is 0 Å². The van der Waals surface area contributed by atoms with Gasteiger partial charge >= 0.3 is 0 Å². The quantitative estimate of drug-likeness (QED) is 0.790. The first kappa shape index (κ1) is 10.5. The van der Waals surface area contributed by atoms with Gasteiger partial charge in [0.05, 0.1) is 6.04 Å². The Hall–Kier alpha value is -0.970. The van der Waals surface area contributed by atoms with Gasteiger partial charge in [0.1, 0.15) is 0 Å². The van der Waals surface area contributed by atoms with Gasteiger partial charge in [-0.1, -0.05) is 13.3 Å². The van der Waals surface area contributed by atoms with Crippen molar-refractivity contribution in [1.29, 1.82) is 0 Å². The molecule has 1 aliphatic rings. The van der Waals surface area contributed by atoms with E-state index in [9.17, 15) is 0 Å². The molecule has 0 aliphatic heterocycles. The minimum Gasteiger partial charge on any atom is -0.308 e. The summed E-state index contributed by atoms with van der Waals surface area (Å²) in [6.07, 6.45) is 4.02. The third-order valence-electron chi connectivity index (χ3n) is 3.11. The summed E-state index contributed by atoms with van der Waals surface area (Å²) in [4.78, 5) is 0. The fraction of sp³-hybridized carbons (Fsp3) is 0.900. The zero-order valence-electron chi connectivity index (χ0n) is 9.48. The molecule has 1 aromatic heterocycles. The first-order chi connectivity index (χ1) is 7.31. The number of aromatic nitrogens is 4. The summed E-state index contributed by atoms with van der Waals surface area (Å²) in [6.45, 7) is 6.12. The number of tetrazole rings is 1. The van der Waals surface area contributed by atoms with Crippen LogP contribution in [0.3, 0.4) is 0 Å². The second-order valence-electron chi connectivity index (χ2n) is 4.30. The third-order valence-corrected chi connectivity index (χ3v) is 3.11. The van der Waals surface area contributed by atoms with Crippen LogP contribution in [-0.4, -0.2) is 26.8 Å². The lowest BCUT2D eigenvalue weighted by Gasteiger charge is -2.25. The predicted molar refractivity (Wildman–Crippen MR) is 57.2 cm³/mol. The molecular formula is C10H19N5. The fourth-order valence-electron chi connectivity index (χ4n) is 1.97. The van der Waals surface area contributed by atoms with Crippen LogP contribution in [0.1, 0.15) is 45.0 Å². The average Bonchev–Trinajstić information content (AvgIpc) is 2.59. The topological polar surface area (TPSA) is 55.6 Å². The summed E-state index contributed by atoms with van der Waals surface area (Å²) < 4.78 is 1.96. The van der Waals surface area contributed by atoms with E-state index in [4.69, 9.17) is 0 Å². The van der Waals surface area contributed by atoms with Gasteiger partial charge in [0, 0.05) is 6.54 Å². The molecular weight excluding hydrogens is 190 g/mol. The maximum atomic E-state index is 4.09. The monoisotopic (exact) mass is 209 g/mol. The molecule has 0 amide bonds. The highest BCUT2D eigenvalue weighted by Gasteiger charge is 2.21. The molecule has 5 heteroatoms. The second-order valence-corrected chi connectivity index (χ2v) is 4.30. The summed E-state index contributed by atoms with van der Waals surface area (Å²) >= 11 is 0. The molecule has 0 bridgehead atoms. The molecule has 5 nitrogen and oxygen atoms in total. The van der Waals surface area contributed by atoms with E-state index in [1.165, 1.54) is 19.3 Å². The van der Waals surface area contributed by atoms with Crippen molar-refractivity contribution < 1.29 is 0 Å². The molecule has 1 heterocycles. The van der Waals surface area contributed by atoms with E-state index in [-0.39, 0.29) is 6.04 Å². The molecule has 84 valence electrons. The van der Waals surface area contributed by atoms with Gasteiger partial charge in [0.25, 0.3) is 0 Å². The van der Waals surface area contributed by atoms with Crippen molar-refractivity contribution in [3.8, 4) is 0 Å². The molecule has 0 radical (unpaired) electrons. The van der Waals surface area contributed by atoms with E-state index in [1.807, 2.05) is 4.68 Å². The maximum absolute atomic E-state index is 4.09. The third kappa shape index (κ3) is 2.34. The molecule has 1 aromatic rings. The lowest BCUT2D eigenvalue weighted by molar-refractivity contribution is 0.258. The van der Waals surface area contributed by atoms with Crippen LogP contribution in [0.25, 0.3) is 0 Å². The summed E-state index contributed by atoms with van der Waals surface area (Å²) in [7, 11) is 0. The average molecular weight is 209 g/mol. The largest absolute Gasteiger partial charge is 0.308 e. The van der Waals surface area contributed by atoms with Gasteiger partial charge in [-0.15, -0.1) is 5.10 Å². The van der Waals surface area contributed by atoms with E-state index in [0.717, 1.165) is 24.8 Å². The molecule has 2 rings (SSSR count). The molecule has 1 aliphatic carbocycles. The Labute approximate surface area is 90.2 Å². The highest BCUT2D eigenvalue weighted by atomic mass is 15.5. The van der Waals surface area contributed by atoms with Crippen LogP contribution in [-0.2, 0) is 6.54 Å². The maximum Gasteiger partial charge on any atom is 0.167 e. The number of rotatable bonds is 5. The summed E-state index contributed by atoms with van der Waals surface area (Å²) in [5.74, 6) is 1.75. The Kier molecular flexibility index (Phi) is 3.30. The predicted octanol–water partition coefficient (Wildman–Crippen LogP) is 1.14. The minimum absolute atomic E-state index is 0.241. The molecule has 1 unspecified atom stereocenters. The van der Waals surface area contributed by atoms with E-state index < -0.39 is 0 Å². The molecule has 0 aromatic carbocycles. The lowest BCUT2D eigenvalue weighted by atomic mass is 9.85. The van der Waals surface area contributed by atoms with Crippen LogP contribution in [0.2, 0.25) is 0 Å². The van der Waals surface area contributed by atoms with E-state index >= 15 is 0 Å². The number of hydrogen-bond acceptors (Lipinski definition) is 4. The van der Waals surface area contributed by atoms with Crippen molar-refractivity contribution in [3.63, 3.8) is 0 Å². The second kappa shape index (κ2) is 4.70. The van der Waals surface area contributed by atoms with Gasteiger partial charge in [-0.05, 0) is 42.7 Å². The first-order valence-electron chi connectivity index (χ1n) is 5.80. The number of hydrogen-bond donors (Lipinski definition) is 1. The number of nitrogens with zero attached hydrogens (tertiary/aromatic N) is 4. The standard InChI is InChI=1S/C10H19N5/c1-3-11-8(2)10-12-13-14-15(10)7-9-5-4-6-9/h8-9,11H,3-7H2,1-2H3. The fourth-order valence-corrected chi connectivity index (χ4v) is 1.97. The normalized spacial score (nSPS) is 18.8. The molecule has 1 saturated carbocycles. The Balaban J connectivity index is 2.00. The van der Waals surface area contributed by atoms with E-state index in [2.05, 4.69) is 34.7 Å². The van der Waals surface area contributed by atoms with Gasteiger partial charge in [0.2, 0.25) is 0 Å². The van der Waals surface area contributed by atoms with Crippen molar-refractivity contribution in [2.24, 2.45) is 5.92 Å². The van der Waals surface area contributed by atoms with Crippen molar-refractivity contribution >= 4 is 0 Å². The Morgan fingerprint density at radius 2 is 2.33 bits per heavy atom. The first-order valence-corrected chi connectivity index (χ1v) is 5.80. The zero-order valence-corrected chi connectivity index (χ0v) is 9.48. The highest BCUT2D eigenvalue weighted by Crippen LogP contribution is 2.28. The van der Waals surface area contributed by atoms with Crippen LogP contribution in [0, 0.1) is 5.92 Å². The smallest absolute Gasteiger partial charge is 0.167 e. The van der Waals surface area contributed by atoms with Crippen molar-refractivity contribution in [2.75, 3.05) is 6.54 Å².